The number of esters is 1. The Morgan fingerprint density at radius 3 is 3.00 bits per heavy atom. The van der Waals surface area contributed by atoms with Gasteiger partial charge in [-0.25, -0.2) is 0 Å². The third-order valence-electron chi connectivity index (χ3n) is 4.43. The van der Waals surface area contributed by atoms with Crippen molar-refractivity contribution in [2.45, 2.75) is 44.4 Å². The van der Waals surface area contributed by atoms with Crippen LogP contribution in [0.4, 0.5) is 0 Å². The molecule has 1 saturated carbocycles. The summed E-state index contributed by atoms with van der Waals surface area (Å²) in [6.07, 6.45) is 6.89. The lowest BCUT2D eigenvalue weighted by Crippen LogP contribution is -2.54. The first kappa shape index (κ1) is 12.8. The Morgan fingerprint density at radius 1 is 1.47 bits per heavy atom. The first-order valence-electron chi connectivity index (χ1n) is 7.13. The molecular weight excluding hydrogens is 246 g/mol. The number of carbonyl (C=O) groups excluding carboxylic acids is 1. The van der Waals surface area contributed by atoms with Gasteiger partial charge in [0.25, 0.3) is 0 Å². The predicted octanol–water partition coefficient (Wildman–Crippen LogP) is 1.54. The molecule has 1 aliphatic carbocycles. The SMILES string of the molecule is CCOC(=O)C1CNC2CCC3(CC2C1)OC=CO3. The van der Waals surface area contributed by atoms with Gasteiger partial charge in [0.1, 0.15) is 12.5 Å². The molecule has 106 valence electrons. The zero-order chi connectivity index (χ0) is 13.3. The second-order valence-electron chi connectivity index (χ2n) is 5.62. The highest BCUT2D eigenvalue weighted by Gasteiger charge is 2.47. The number of carbonyl (C=O) groups is 1. The van der Waals surface area contributed by atoms with Gasteiger partial charge < -0.3 is 19.5 Å². The van der Waals surface area contributed by atoms with Crippen molar-refractivity contribution in [1.29, 1.82) is 0 Å². The van der Waals surface area contributed by atoms with E-state index < -0.39 is 5.79 Å². The lowest BCUT2D eigenvalue weighted by atomic mass is 9.73. The molecule has 5 nitrogen and oxygen atoms in total. The van der Waals surface area contributed by atoms with Gasteiger partial charge in [0, 0.05) is 25.4 Å². The van der Waals surface area contributed by atoms with Crippen LogP contribution in [0.2, 0.25) is 0 Å². The molecule has 5 heteroatoms. The van der Waals surface area contributed by atoms with Crippen LogP contribution in [0.5, 0.6) is 0 Å². The van der Waals surface area contributed by atoms with Crippen LogP contribution in [0.3, 0.4) is 0 Å². The smallest absolute Gasteiger partial charge is 0.310 e. The van der Waals surface area contributed by atoms with Gasteiger partial charge in [0.15, 0.2) is 0 Å². The first-order valence-corrected chi connectivity index (χ1v) is 7.13. The van der Waals surface area contributed by atoms with Crippen LogP contribution in [0.1, 0.15) is 32.6 Å². The zero-order valence-corrected chi connectivity index (χ0v) is 11.3. The van der Waals surface area contributed by atoms with E-state index in [0.717, 1.165) is 32.2 Å². The van der Waals surface area contributed by atoms with E-state index in [0.29, 0.717) is 18.6 Å². The number of hydrogen-bond donors (Lipinski definition) is 1. The first-order chi connectivity index (χ1) is 9.22. The summed E-state index contributed by atoms with van der Waals surface area (Å²) in [5.41, 5.74) is 0. The van der Waals surface area contributed by atoms with E-state index in [4.69, 9.17) is 14.2 Å². The molecule has 1 saturated heterocycles. The van der Waals surface area contributed by atoms with Gasteiger partial charge in [0.05, 0.1) is 12.5 Å². The van der Waals surface area contributed by atoms with E-state index in [1.54, 1.807) is 12.5 Å². The highest BCUT2D eigenvalue weighted by Crippen LogP contribution is 2.43. The van der Waals surface area contributed by atoms with Gasteiger partial charge in [-0.2, -0.15) is 0 Å². The van der Waals surface area contributed by atoms with Crippen LogP contribution in [0, 0.1) is 11.8 Å². The van der Waals surface area contributed by atoms with Crippen LogP contribution >= 0.6 is 0 Å². The highest BCUT2D eigenvalue weighted by atomic mass is 16.7. The summed E-state index contributed by atoms with van der Waals surface area (Å²) in [6.45, 7) is 3.02. The minimum atomic E-state index is -0.473. The minimum Gasteiger partial charge on any atom is -0.466 e. The van der Waals surface area contributed by atoms with Gasteiger partial charge in [-0.15, -0.1) is 0 Å². The summed E-state index contributed by atoms with van der Waals surface area (Å²) < 4.78 is 16.4. The lowest BCUT2D eigenvalue weighted by Gasteiger charge is -2.45. The Bertz CT molecular complexity index is 374. The Morgan fingerprint density at radius 2 is 2.26 bits per heavy atom. The van der Waals surface area contributed by atoms with Crippen molar-refractivity contribution in [2.75, 3.05) is 13.2 Å². The minimum absolute atomic E-state index is 0.0364. The Balaban J connectivity index is 1.63. The molecule has 2 aliphatic heterocycles. The van der Waals surface area contributed by atoms with Crippen molar-refractivity contribution in [3.63, 3.8) is 0 Å². The number of rotatable bonds is 2. The normalized spacial score (nSPS) is 35.3. The molecule has 0 amide bonds. The number of nitrogens with one attached hydrogen (secondary N) is 1. The fraction of sp³-hybridized carbons (Fsp3) is 0.786. The molecule has 19 heavy (non-hydrogen) atoms. The standard InChI is InChI=1S/C14H21NO4/c1-2-17-13(16)11-7-10-8-14(18-5-6-19-14)4-3-12(10)15-9-11/h5-6,10-12,15H,2-4,7-9H2,1H3. The monoisotopic (exact) mass is 267 g/mol. The average Bonchev–Trinajstić information content (AvgIpc) is 2.86. The van der Waals surface area contributed by atoms with E-state index in [1.807, 2.05) is 6.92 Å². The number of fused-ring (bicyclic) bond motifs is 1. The molecule has 1 spiro atoms. The van der Waals surface area contributed by atoms with Crippen LogP contribution < -0.4 is 5.32 Å². The maximum Gasteiger partial charge on any atom is 0.310 e. The van der Waals surface area contributed by atoms with Crippen molar-refractivity contribution >= 4 is 5.97 Å². The molecule has 0 bridgehead atoms. The molecule has 3 rings (SSSR count). The van der Waals surface area contributed by atoms with Crippen LogP contribution in [-0.2, 0) is 19.0 Å². The molecule has 2 heterocycles. The van der Waals surface area contributed by atoms with Crippen LogP contribution in [0.15, 0.2) is 12.5 Å². The molecule has 3 aliphatic rings. The third-order valence-corrected chi connectivity index (χ3v) is 4.43. The number of ether oxygens (including phenoxy) is 3. The largest absolute Gasteiger partial charge is 0.466 e. The van der Waals surface area contributed by atoms with Gasteiger partial charge in [-0.05, 0) is 25.7 Å². The molecule has 2 fully saturated rings. The molecule has 0 aromatic carbocycles. The molecule has 0 aromatic rings. The summed E-state index contributed by atoms with van der Waals surface area (Å²) in [6, 6.07) is 0.476. The molecule has 0 radical (unpaired) electrons. The zero-order valence-electron chi connectivity index (χ0n) is 11.3. The van der Waals surface area contributed by atoms with Crippen molar-refractivity contribution < 1.29 is 19.0 Å². The second kappa shape index (κ2) is 5.04. The summed E-state index contributed by atoms with van der Waals surface area (Å²) in [7, 11) is 0. The summed E-state index contributed by atoms with van der Waals surface area (Å²) in [5.74, 6) is -0.179. The topological polar surface area (TPSA) is 56.8 Å². The van der Waals surface area contributed by atoms with Crippen molar-refractivity contribution in [1.82, 2.24) is 5.32 Å². The lowest BCUT2D eigenvalue weighted by molar-refractivity contribution is -0.183. The second-order valence-corrected chi connectivity index (χ2v) is 5.62. The van der Waals surface area contributed by atoms with E-state index in [-0.39, 0.29) is 11.9 Å². The highest BCUT2D eigenvalue weighted by molar-refractivity contribution is 5.72. The molecule has 3 atom stereocenters. The summed E-state index contributed by atoms with van der Waals surface area (Å²) in [4.78, 5) is 11.8. The van der Waals surface area contributed by atoms with Gasteiger partial charge in [-0.1, -0.05) is 0 Å². The maximum absolute atomic E-state index is 11.8. The third kappa shape index (κ3) is 2.43. The fourth-order valence-corrected chi connectivity index (χ4v) is 3.50. The summed E-state index contributed by atoms with van der Waals surface area (Å²) in [5, 5.41) is 3.48. The quantitative estimate of drug-likeness (QED) is 0.769. The van der Waals surface area contributed by atoms with Crippen molar-refractivity contribution in [3.8, 4) is 0 Å². The summed E-state index contributed by atoms with van der Waals surface area (Å²) >= 11 is 0. The Kier molecular flexibility index (Phi) is 3.39. The molecular formula is C14H21NO4. The van der Waals surface area contributed by atoms with E-state index in [2.05, 4.69) is 5.32 Å². The molecule has 3 unspecified atom stereocenters. The van der Waals surface area contributed by atoms with Crippen LogP contribution in [-0.4, -0.2) is 30.9 Å². The van der Waals surface area contributed by atoms with E-state index in [1.165, 1.54) is 0 Å². The molecule has 1 N–H and O–H groups in total. The van der Waals surface area contributed by atoms with Gasteiger partial charge in [0.2, 0.25) is 5.79 Å². The van der Waals surface area contributed by atoms with Gasteiger partial charge >= 0.3 is 5.97 Å². The predicted molar refractivity (Wildman–Crippen MR) is 67.9 cm³/mol. The van der Waals surface area contributed by atoms with Crippen molar-refractivity contribution in [2.24, 2.45) is 11.8 Å². The average molecular weight is 267 g/mol. The maximum atomic E-state index is 11.8. The van der Waals surface area contributed by atoms with E-state index in [9.17, 15) is 4.79 Å². The molecule has 0 aromatic heterocycles. The Labute approximate surface area is 113 Å². The number of piperidine rings is 1. The van der Waals surface area contributed by atoms with Crippen molar-refractivity contribution in [3.05, 3.63) is 12.5 Å². The van der Waals surface area contributed by atoms with E-state index >= 15 is 0 Å². The fourth-order valence-electron chi connectivity index (χ4n) is 3.50. The van der Waals surface area contributed by atoms with Crippen LogP contribution in [0.25, 0.3) is 0 Å². The Hall–Kier alpha value is -1.23. The van der Waals surface area contributed by atoms with Gasteiger partial charge in [-0.3, -0.25) is 4.79 Å². The number of hydrogen-bond acceptors (Lipinski definition) is 5.